The molecule has 0 unspecified atom stereocenters. The Morgan fingerprint density at radius 1 is 1.00 bits per heavy atom. The van der Waals surface area contributed by atoms with Gasteiger partial charge in [-0.3, -0.25) is 14.6 Å². The number of benzene rings is 1. The average molecular weight is 332 g/mol. The van der Waals surface area contributed by atoms with Crippen molar-refractivity contribution < 1.29 is 9.59 Å². The highest BCUT2D eigenvalue weighted by atomic mass is 35.5. The summed E-state index contributed by atoms with van der Waals surface area (Å²) in [5, 5.41) is 5.90. The van der Waals surface area contributed by atoms with Crippen LogP contribution in [0.25, 0.3) is 0 Å². The Bertz CT molecular complexity index is 662. The number of carbonyl (C=O) groups excluding carboxylic acids is 2. The van der Waals surface area contributed by atoms with Gasteiger partial charge in [-0.05, 0) is 36.2 Å². The van der Waals surface area contributed by atoms with Gasteiger partial charge in [0.1, 0.15) is 0 Å². The molecule has 2 aromatic rings. The Balaban J connectivity index is 1.64. The Kier molecular flexibility index (Phi) is 6.56. The molecule has 5 nitrogen and oxygen atoms in total. The molecule has 120 valence electrons. The van der Waals surface area contributed by atoms with Gasteiger partial charge >= 0.3 is 0 Å². The number of aromatic nitrogens is 1. The number of rotatable bonds is 7. The molecule has 1 aromatic heterocycles. The number of aryl methyl sites for hydroxylation is 1. The van der Waals surface area contributed by atoms with Crippen LogP contribution in [0.4, 0.5) is 0 Å². The maximum atomic E-state index is 11.9. The number of carbonyl (C=O) groups is 2. The molecule has 2 N–H and O–H groups in total. The molecular formula is C17H18ClN3O2. The summed E-state index contributed by atoms with van der Waals surface area (Å²) in [6.07, 6.45) is 4.48. The molecule has 0 radical (unpaired) electrons. The van der Waals surface area contributed by atoms with E-state index in [1.165, 1.54) is 0 Å². The van der Waals surface area contributed by atoms with Crippen molar-refractivity contribution in [1.29, 1.82) is 0 Å². The van der Waals surface area contributed by atoms with Gasteiger partial charge in [0.05, 0.1) is 10.6 Å². The molecule has 0 saturated heterocycles. The van der Waals surface area contributed by atoms with Crippen LogP contribution in [0.15, 0.2) is 48.8 Å². The molecule has 1 heterocycles. The highest BCUT2D eigenvalue weighted by Gasteiger charge is 2.08. The maximum Gasteiger partial charge on any atom is 0.252 e. The van der Waals surface area contributed by atoms with Crippen molar-refractivity contribution >= 4 is 23.4 Å². The van der Waals surface area contributed by atoms with Gasteiger partial charge in [-0.25, -0.2) is 0 Å². The standard InChI is InChI=1S/C17H18ClN3O2/c18-15-4-2-1-3-14(15)17(23)21-12-11-20-16(22)6-5-13-7-9-19-10-8-13/h1-4,7-10H,5-6,11-12H2,(H,20,22)(H,21,23). The summed E-state index contributed by atoms with van der Waals surface area (Å²) in [7, 11) is 0. The molecule has 0 aliphatic rings. The second-order valence-electron chi connectivity index (χ2n) is 4.94. The number of pyridine rings is 1. The van der Waals surface area contributed by atoms with E-state index in [0.717, 1.165) is 5.56 Å². The average Bonchev–Trinajstić information content (AvgIpc) is 2.58. The zero-order chi connectivity index (χ0) is 16.5. The van der Waals surface area contributed by atoms with E-state index in [9.17, 15) is 9.59 Å². The van der Waals surface area contributed by atoms with Crippen LogP contribution in [0.1, 0.15) is 22.3 Å². The number of nitrogens with one attached hydrogen (secondary N) is 2. The van der Waals surface area contributed by atoms with Crippen LogP contribution in [0.3, 0.4) is 0 Å². The van der Waals surface area contributed by atoms with Crippen molar-refractivity contribution in [2.75, 3.05) is 13.1 Å². The van der Waals surface area contributed by atoms with Crippen LogP contribution in [0.5, 0.6) is 0 Å². The fourth-order valence-corrected chi connectivity index (χ4v) is 2.24. The topological polar surface area (TPSA) is 71.1 Å². The summed E-state index contributed by atoms with van der Waals surface area (Å²) in [5.41, 5.74) is 1.50. The molecule has 0 atom stereocenters. The summed E-state index contributed by atoms with van der Waals surface area (Å²) in [4.78, 5) is 27.6. The van der Waals surface area contributed by atoms with Crippen molar-refractivity contribution in [3.8, 4) is 0 Å². The molecule has 0 bridgehead atoms. The summed E-state index contributed by atoms with van der Waals surface area (Å²) >= 11 is 5.95. The minimum Gasteiger partial charge on any atom is -0.354 e. The lowest BCUT2D eigenvalue weighted by atomic mass is 10.1. The van der Waals surface area contributed by atoms with E-state index in [2.05, 4.69) is 15.6 Å². The first-order valence-electron chi connectivity index (χ1n) is 7.35. The van der Waals surface area contributed by atoms with Crippen LogP contribution >= 0.6 is 11.6 Å². The lowest BCUT2D eigenvalue weighted by Crippen LogP contribution is -2.34. The molecule has 0 aliphatic carbocycles. The summed E-state index contributed by atoms with van der Waals surface area (Å²) in [6, 6.07) is 10.6. The van der Waals surface area contributed by atoms with E-state index < -0.39 is 0 Å². The molecule has 2 rings (SSSR count). The van der Waals surface area contributed by atoms with Crippen LogP contribution in [0.2, 0.25) is 5.02 Å². The van der Waals surface area contributed by atoms with Crippen molar-refractivity contribution in [2.24, 2.45) is 0 Å². The first-order chi connectivity index (χ1) is 11.2. The Labute approximate surface area is 140 Å². The van der Waals surface area contributed by atoms with Gasteiger partial charge in [-0.1, -0.05) is 23.7 Å². The molecule has 23 heavy (non-hydrogen) atoms. The van der Waals surface area contributed by atoms with E-state index in [1.54, 1.807) is 36.7 Å². The monoisotopic (exact) mass is 331 g/mol. The first-order valence-corrected chi connectivity index (χ1v) is 7.73. The number of amides is 2. The van der Waals surface area contributed by atoms with Crippen LogP contribution < -0.4 is 10.6 Å². The first kappa shape index (κ1) is 17.0. The predicted octanol–water partition coefficient (Wildman–Crippen LogP) is 2.21. The maximum absolute atomic E-state index is 11.9. The fourth-order valence-electron chi connectivity index (χ4n) is 2.01. The fraction of sp³-hybridized carbons (Fsp3) is 0.235. The molecule has 2 amide bonds. The molecular weight excluding hydrogens is 314 g/mol. The minimum atomic E-state index is -0.248. The second kappa shape index (κ2) is 8.90. The third-order valence-electron chi connectivity index (χ3n) is 3.24. The Morgan fingerprint density at radius 2 is 1.70 bits per heavy atom. The van der Waals surface area contributed by atoms with Crippen LogP contribution in [-0.2, 0) is 11.2 Å². The molecule has 0 spiro atoms. The van der Waals surface area contributed by atoms with Gasteiger partial charge in [0.15, 0.2) is 0 Å². The number of halogens is 1. The van der Waals surface area contributed by atoms with Crippen LogP contribution in [-0.4, -0.2) is 29.9 Å². The molecule has 0 saturated carbocycles. The van der Waals surface area contributed by atoms with Crippen molar-refractivity contribution in [1.82, 2.24) is 15.6 Å². The van der Waals surface area contributed by atoms with Gasteiger partial charge in [-0.2, -0.15) is 0 Å². The van der Waals surface area contributed by atoms with E-state index in [4.69, 9.17) is 11.6 Å². The molecule has 1 aromatic carbocycles. The van der Waals surface area contributed by atoms with Gasteiger partial charge in [-0.15, -0.1) is 0 Å². The third-order valence-corrected chi connectivity index (χ3v) is 3.57. The zero-order valence-electron chi connectivity index (χ0n) is 12.6. The molecule has 0 aliphatic heterocycles. The summed E-state index contributed by atoms with van der Waals surface area (Å²) in [6.45, 7) is 0.733. The van der Waals surface area contributed by atoms with Crippen molar-refractivity contribution in [2.45, 2.75) is 12.8 Å². The van der Waals surface area contributed by atoms with Crippen LogP contribution in [0, 0.1) is 0 Å². The third kappa shape index (κ3) is 5.71. The summed E-state index contributed by atoms with van der Waals surface area (Å²) < 4.78 is 0. The lowest BCUT2D eigenvalue weighted by Gasteiger charge is -2.08. The van der Waals surface area contributed by atoms with Crippen molar-refractivity contribution in [3.05, 3.63) is 64.9 Å². The second-order valence-corrected chi connectivity index (χ2v) is 5.35. The Hall–Kier alpha value is -2.40. The van der Waals surface area contributed by atoms with Gasteiger partial charge < -0.3 is 10.6 Å². The number of hydrogen-bond donors (Lipinski definition) is 2. The number of hydrogen-bond acceptors (Lipinski definition) is 3. The van der Waals surface area contributed by atoms with E-state index >= 15 is 0 Å². The highest BCUT2D eigenvalue weighted by molar-refractivity contribution is 6.33. The largest absolute Gasteiger partial charge is 0.354 e. The number of nitrogens with zero attached hydrogens (tertiary/aromatic N) is 1. The van der Waals surface area contributed by atoms with E-state index in [-0.39, 0.29) is 11.8 Å². The minimum absolute atomic E-state index is 0.0474. The SMILES string of the molecule is O=C(CCc1ccncc1)NCCNC(=O)c1ccccc1Cl. The zero-order valence-corrected chi connectivity index (χ0v) is 13.3. The quantitative estimate of drug-likeness (QED) is 0.764. The van der Waals surface area contributed by atoms with Gasteiger partial charge in [0.2, 0.25) is 5.91 Å². The normalized spacial score (nSPS) is 10.1. The van der Waals surface area contributed by atoms with Gasteiger partial charge in [0, 0.05) is 31.9 Å². The Morgan fingerprint density at radius 3 is 2.43 bits per heavy atom. The van der Waals surface area contributed by atoms with E-state index in [1.807, 2.05) is 12.1 Å². The molecule has 6 heteroatoms. The smallest absolute Gasteiger partial charge is 0.252 e. The van der Waals surface area contributed by atoms with E-state index in [0.29, 0.717) is 36.5 Å². The molecule has 0 fully saturated rings. The van der Waals surface area contributed by atoms with Gasteiger partial charge in [0.25, 0.3) is 5.91 Å². The predicted molar refractivity (Wildman–Crippen MR) is 89.4 cm³/mol. The highest BCUT2D eigenvalue weighted by Crippen LogP contribution is 2.14. The summed E-state index contributed by atoms with van der Waals surface area (Å²) in [5.74, 6) is -0.296. The van der Waals surface area contributed by atoms with Crippen molar-refractivity contribution in [3.63, 3.8) is 0 Å². The lowest BCUT2D eigenvalue weighted by molar-refractivity contribution is -0.121.